The highest BCUT2D eigenvalue weighted by Gasteiger charge is 2.34. The van der Waals surface area contributed by atoms with Crippen LogP contribution in [0.25, 0.3) is 0 Å². The summed E-state index contributed by atoms with van der Waals surface area (Å²) in [6.07, 6.45) is -1.81. The molecule has 10 heteroatoms. The van der Waals surface area contributed by atoms with E-state index in [-0.39, 0.29) is 28.4 Å². The lowest BCUT2D eigenvalue weighted by atomic mass is 10.3. The Balaban J connectivity index is 1.72. The van der Waals surface area contributed by atoms with Crippen LogP contribution in [0, 0.1) is 0 Å². The number of hydrogen-bond acceptors (Lipinski definition) is 6. The van der Waals surface area contributed by atoms with Crippen LogP contribution in [0.1, 0.15) is 48.2 Å². The number of likely N-dealkylation sites (tertiary alicyclic amines) is 1. The van der Waals surface area contributed by atoms with Crippen LogP contribution < -0.4 is 4.90 Å². The maximum atomic E-state index is 13.2. The van der Waals surface area contributed by atoms with Crippen molar-refractivity contribution < 1.29 is 22.4 Å². The highest BCUT2D eigenvalue weighted by Crippen LogP contribution is 2.32. The summed E-state index contributed by atoms with van der Waals surface area (Å²) in [5.41, 5.74) is -0.975. The number of carbonyl (C=O) groups is 1. The van der Waals surface area contributed by atoms with E-state index >= 15 is 0 Å². The Kier molecular flexibility index (Phi) is 6.71. The van der Waals surface area contributed by atoms with E-state index in [2.05, 4.69) is 9.97 Å². The molecule has 0 N–H and O–H groups in total. The quantitative estimate of drug-likeness (QED) is 0.479. The van der Waals surface area contributed by atoms with Gasteiger partial charge in [0.15, 0.2) is 16.6 Å². The summed E-state index contributed by atoms with van der Waals surface area (Å²) >= 11 is 1.04. The molecule has 29 heavy (non-hydrogen) atoms. The predicted octanol–water partition coefficient (Wildman–Crippen LogP) is 4.46. The summed E-state index contributed by atoms with van der Waals surface area (Å²) in [6.45, 7) is 3.96. The summed E-state index contributed by atoms with van der Waals surface area (Å²) in [6, 6.07) is 4.22. The minimum atomic E-state index is -4.56. The van der Waals surface area contributed by atoms with Gasteiger partial charge >= 0.3 is 6.18 Å². The molecule has 6 nitrogen and oxygen atoms in total. The monoisotopic (exact) mass is 428 g/mol. The molecule has 0 aliphatic carbocycles. The second kappa shape index (κ2) is 9.06. The topological polar surface area (TPSA) is 62.5 Å². The van der Waals surface area contributed by atoms with Crippen LogP contribution in [0.2, 0.25) is 0 Å². The van der Waals surface area contributed by atoms with Crippen LogP contribution in [0.15, 0.2) is 27.8 Å². The number of furan rings is 1. The van der Waals surface area contributed by atoms with Crippen LogP contribution >= 0.6 is 11.8 Å². The highest BCUT2D eigenvalue weighted by molar-refractivity contribution is 7.98. The van der Waals surface area contributed by atoms with Crippen LogP contribution in [0.4, 0.5) is 19.0 Å². The van der Waals surface area contributed by atoms with Gasteiger partial charge in [0.1, 0.15) is 11.6 Å². The van der Waals surface area contributed by atoms with Crippen molar-refractivity contribution >= 4 is 23.5 Å². The SMILES string of the molecule is CCCN(C)c1cc(C(F)(F)F)nc(SCc2ccc(C(=O)N3CCCC3)o2)n1. The van der Waals surface area contributed by atoms with E-state index in [4.69, 9.17) is 4.42 Å². The van der Waals surface area contributed by atoms with Gasteiger partial charge in [0.2, 0.25) is 0 Å². The molecule has 1 fully saturated rings. The Morgan fingerprint density at radius 3 is 2.66 bits per heavy atom. The van der Waals surface area contributed by atoms with Crippen LogP contribution in [0.5, 0.6) is 0 Å². The number of thioether (sulfide) groups is 1. The Morgan fingerprint density at radius 1 is 1.28 bits per heavy atom. The first-order valence-corrected chi connectivity index (χ1v) is 10.4. The Morgan fingerprint density at radius 2 is 2.00 bits per heavy atom. The third-order valence-electron chi connectivity index (χ3n) is 4.54. The van der Waals surface area contributed by atoms with Crippen molar-refractivity contribution in [3.05, 3.63) is 35.4 Å². The van der Waals surface area contributed by atoms with Crippen molar-refractivity contribution in [2.24, 2.45) is 0 Å². The number of rotatable bonds is 7. The lowest BCUT2D eigenvalue weighted by Crippen LogP contribution is -2.27. The van der Waals surface area contributed by atoms with Gasteiger partial charge in [0.05, 0.1) is 5.75 Å². The van der Waals surface area contributed by atoms with E-state index in [1.165, 1.54) is 0 Å². The fourth-order valence-electron chi connectivity index (χ4n) is 3.05. The number of carbonyl (C=O) groups excluding carboxylic acids is 1. The van der Waals surface area contributed by atoms with Crippen LogP contribution in [-0.4, -0.2) is 47.5 Å². The fraction of sp³-hybridized carbons (Fsp3) is 0.526. The number of halogens is 3. The maximum Gasteiger partial charge on any atom is 0.433 e. The summed E-state index contributed by atoms with van der Waals surface area (Å²) in [4.78, 5) is 23.6. The van der Waals surface area contributed by atoms with Crippen molar-refractivity contribution in [1.82, 2.24) is 14.9 Å². The van der Waals surface area contributed by atoms with Crippen molar-refractivity contribution in [2.45, 2.75) is 43.3 Å². The van der Waals surface area contributed by atoms with Crippen molar-refractivity contribution in [3.63, 3.8) is 0 Å². The summed E-state index contributed by atoms with van der Waals surface area (Å²) in [7, 11) is 1.70. The molecule has 158 valence electrons. The largest absolute Gasteiger partial charge is 0.455 e. The van der Waals surface area contributed by atoms with Gasteiger partial charge in [-0.15, -0.1) is 0 Å². The minimum absolute atomic E-state index is 0.0154. The van der Waals surface area contributed by atoms with E-state index in [9.17, 15) is 18.0 Å². The van der Waals surface area contributed by atoms with Gasteiger partial charge in [-0.05, 0) is 31.4 Å². The standard InChI is InChI=1S/C19H23F3N4O2S/c1-3-8-25(2)16-11-15(19(20,21)22)23-18(24-16)29-12-13-6-7-14(28-13)17(27)26-9-4-5-10-26/h6-7,11H,3-5,8-10,12H2,1-2H3. The fourth-order valence-corrected chi connectivity index (χ4v) is 3.80. The lowest BCUT2D eigenvalue weighted by Gasteiger charge is -2.19. The number of aromatic nitrogens is 2. The van der Waals surface area contributed by atoms with Crippen molar-refractivity contribution in [3.8, 4) is 0 Å². The molecule has 0 atom stereocenters. The first kappa shape index (κ1) is 21.5. The minimum Gasteiger partial charge on any atom is -0.455 e. The molecular formula is C19H23F3N4O2S. The number of anilines is 1. The summed E-state index contributed by atoms with van der Waals surface area (Å²) in [5, 5.41) is 0.0154. The van der Waals surface area contributed by atoms with Crippen LogP contribution in [-0.2, 0) is 11.9 Å². The second-order valence-corrected chi connectivity index (χ2v) is 7.81. The van der Waals surface area contributed by atoms with E-state index < -0.39 is 11.9 Å². The Hall–Kier alpha value is -2.23. The molecule has 0 radical (unpaired) electrons. The molecule has 2 aromatic rings. The summed E-state index contributed by atoms with van der Waals surface area (Å²) < 4.78 is 45.3. The maximum absolute atomic E-state index is 13.2. The zero-order chi connectivity index (χ0) is 21.0. The third kappa shape index (κ3) is 5.43. The van der Waals surface area contributed by atoms with E-state index in [0.29, 0.717) is 12.3 Å². The molecule has 0 bridgehead atoms. The average Bonchev–Trinajstić information content (AvgIpc) is 3.37. The average molecular weight is 428 g/mol. The third-order valence-corrected chi connectivity index (χ3v) is 5.41. The molecule has 0 unspecified atom stereocenters. The molecule has 3 rings (SSSR count). The molecular weight excluding hydrogens is 405 g/mol. The molecule has 1 saturated heterocycles. The molecule has 1 aliphatic rings. The van der Waals surface area contributed by atoms with Gasteiger partial charge < -0.3 is 14.2 Å². The number of alkyl halides is 3. The molecule has 3 heterocycles. The van der Waals surface area contributed by atoms with Gasteiger partial charge in [0.25, 0.3) is 5.91 Å². The lowest BCUT2D eigenvalue weighted by molar-refractivity contribution is -0.141. The smallest absolute Gasteiger partial charge is 0.433 e. The molecule has 0 saturated carbocycles. The number of nitrogens with zero attached hydrogens (tertiary/aromatic N) is 4. The van der Waals surface area contributed by atoms with Gasteiger partial charge in [-0.25, -0.2) is 9.97 Å². The van der Waals surface area contributed by atoms with Crippen molar-refractivity contribution in [1.29, 1.82) is 0 Å². The normalized spacial score (nSPS) is 14.4. The van der Waals surface area contributed by atoms with Crippen molar-refractivity contribution in [2.75, 3.05) is 31.6 Å². The van der Waals surface area contributed by atoms with Gasteiger partial charge in [-0.3, -0.25) is 4.79 Å². The molecule has 2 aromatic heterocycles. The highest BCUT2D eigenvalue weighted by atomic mass is 32.2. The molecule has 0 aromatic carbocycles. The molecule has 1 aliphatic heterocycles. The Labute approximate surface area is 171 Å². The van der Waals surface area contributed by atoms with E-state index in [1.807, 2.05) is 6.92 Å². The predicted molar refractivity (Wildman–Crippen MR) is 104 cm³/mol. The van der Waals surface area contributed by atoms with E-state index in [0.717, 1.165) is 50.2 Å². The first-order chi connectivity index (χ1) is 13.8. The second-order valence-electron chi connectivity index (χ2n) is 6.87. The zero-order valence-electron chi connectivity index (χ0n) is 16.3. The van der Waals surface area contributed by atoms with Crippen LogP contribution in [0.3, 0.4) is 0 Å². The number of amides is 1. The van der Waals surface area contributed by atoms with E-state index in [1.54, 1.807) is 29.0 Å². The zero-order valence-corrected chi connectivity index (χ0v) is 17.1. The van der Waals surface area contributed by atoms with Gasteiger partial charge in [0, 0.05) is 32.7 Å². The summed E-state index contributed by atoms with van der Waals surface area (Å²) in [5.74, 6) is 1.03. The van der Waals surface area contributed by atoms with Gasteiger partial charge in [-0.1, -0.05) is 18.7 Å². The molecule has 0 spiro atoms. The molecule has 1 amide bonds. The van der Waals surface area contributed by atoms with Gasteiger partial charge in [-0.2, -0.15) is 13.2 Å². The number of hydrogen-bond donors (Lipinski definition) is 0. The first-order valence-electron chi connectivity index (χ1n) is 9.46. The Bertz CT molecular complexity index is 850.